The number of rotatable bonds is 8. The normalized spacial score (nSPS) is 23.6. The zero-order chi connectivity index (χ0) is 20.0. The van der Waals surface area contributed by atoms with Crippen LogP contribution in [0.4, 0.5) is 0 Å². The van der Waals surface area contributed by atoms with Crippen LogP contribution in [0.2, 0.25) is 0 Å². The van der Waals surface area contributed by atoms with Gasteiger partial charge in [0.1, 0.15) is 18.6 Å². The number of nitrogens with zero attached hydrogens (tertiary/aromatic N) is 3. The van der Waals surface area contributed by atoms with E-state index in [2.05, 4.69) is 5.32 Å². The predicted octanol–water partition coefficient (Wildman–Crippen LogP) is -0.369. The molecule has 0 spiro atoms. The van der Waals surface area contributed by atoms with E-state index in [4.69, 9.17) is 5.73 Å². The molecular formula is C19H35N5O3. The van der Waals surface area contributed by atoms with Gasteiger partial charge in [-0.2, -0.15) is 0 Å². The van der Waals surface area contributed by atoms with Crippen molar-refractivity contribution in [2.75, 3.05) is 46.3 Å². The molecule has 0 aromatic carbocycles. The highest BCUT2D eigenvalue weighted by Gasteiger charge is 2.44. The fraction of sp³-hybridized carbons (Fsp3) is 0.842. The molecule has 3 amide bonds. The summed E-state index contributed by atoms with van der Waals surface area (Å²) in [4.78, 5) is 44.0. The van der Waals surface area contributed by atoms with Gasteiger partial charge in [0.05, 0.1) is 0 Å². The predicted molar refractivity (Wildman–Crippen MR) is 104 cm³/mol. The van der Waals surface area contributed by atoms with Crippen molar-refractivity contribution in [2.45, 2.75) is 51.6 Å². The SMILES string of the molecule is CCC(C)[C@H]1C(=O)N(C(CCCCN)C(=O)N2CCNCC2)CC(=O)N1C. The van der Waals surface area contributed by atoms with E-state index < -0.39 is 12.1 Å². The number of carbonyl (C=O) groups excluding carboxylic acids is 3. The van der Waals surface area contributed by atoms with E-state index in [0.29, 0.717) is 26.1 Å². The summed E-state index contributed by atoms with van der Waals surface area (Å²) >= 11 is 0. The Morgan fingerprint density at radius 2 is 1.93 bits per heavy atom. The van der Waals surface area contributed by atoms with Gasteiger partial charge in [-0.25, -0.2) is 0 Å². The lowest BCUT2D eigenvalue weighted by molar-refractivity contribution is -0.163. The molecular weight excluding hydrogens is 346 g/mol. The minimum Gasteiger partial charge on any atom is -0.338 e. The van der Waals surface area contributed by atoms with Crippen molar-refractivity contribution in [2.24, 2.45) is 11.7 Å². The lowest BCUT2D eigenvalue weighted by atomic mass is 9.93. The first kappa shape index (κ1) is 21.6. The molecule has 3 atom stereocenters. The maximum atomic E-state index is 13.3. The molecule has 0 aromatic heterocycles. The van der Waals surface area contributed by atoms with Gasteiger partial charge in [-0.15, -0.1) is 0 Å². The standard InChI is InChI=1S/C19H35N5O3/c1-4-14(2)17-19(27)24(13-16(25)22(17)3)15(7-5-6-8-20)18(26)23-11-9-21-10-12-23/h14-15,17,21H,4-13,20H2,1-3H3/t14?,15?,17-/m0/s1. The van der Waals surface area contributed by atoms with Crippen LogP contribution in [0.5, 0.6) is 0 Å². The second kappa shape index (κ2) is 10.0. The van der Waals surface area contributed by atoms with Gasteiger partial charge in [-0.3, -0.25) is 14.4 Å². The van der Waals surface area contributed by atoms with Gasteiger partial charge in [0, 0.05) is 33.2 Å². The molecule has 8 nitrogen and oxygen atoms in total. The van der Waals surface area contributed by atoms with E-state index >= 15 is 0 Å². The first-order chi connectivity index (χ1) is 12.9. The molecule has 0 aromatic rings. The minimum atomic E-state index is -0.577. The van der Waals surface area contributed by atoms with Crippen molar-refractivity contribution in [3.05, 3.63) is 0 Å². The van der Waals surface area contributed by atoms with E-state index in [1.54, 1.807) is 16.8 Å². The fourth-order valence-corrected chi connectivity index (χ4v) is 3.93. The monoisotopic (exact) mass is 381 g/mol. The van der Waals surface area contributed by atoms with Crippen molar-refractivity contribution in [3.63, 3.8) is 0 Å². The molecule has 2 unspecified atom stereocenters. The quantitative estimate of drug-likeness (QED) is 0.559. The second-order valence-corrected chi connectivity index (χ2v) is 7.68. The van der Waals surface area contributed by atoms with Crippen LogP contribution >= 0.6 is 0 Å². The third-order valence-corrected chi connectivity index (χ3v) is 5.86. The Bertz CT molecular complexity index is 535. The van der Waals surface area contributed by atoms with Crippen LogP contribution in [-0.4, -0.2) is 90.8 Å². The molecule has 3 N–H and O–H groups in total. The van der Waals surface area contributed by atoms with E-state index in [0.717, 1.165) is 32.4 Å². The Morgan fingerprint density at radius 1 is 1.26 bits per heavy atom. The number of piperazine rings is 2. The molecule has 0 aliphatic carbocycles. The number of unbranched alkanes of at least 4 members (excludes halogenated alkanes) is 1. The fourth-order valence-electron chi connectivity index (χ4n) is 3.93. The molecule has 8 heteroatoms. The van der Waals surface area contributed by atoms with E-state index in [9.17, 15) is 14.4 Å². The third kappa shape index (κ3) is 4.99. The van der Waals surface area contributed by atoms with E-state index in [-0.39, 0.29) is 30.2 Å². The van der Waals surface area contributed by atoms with Gasteiger partial charge in [0.15, 0.2) is 0 Å². The van der Waals surface area contributed by atoms with Crippen LogP contribution in [0.15, 0.2) is 0 Å². The first-order valence-electron chi connectivity index (χ1n) is 10.2. The van der Waals surface area contributed by atoms with Crippen molar-refractivity contribution < 1.29 is 14.4 Å². The number of amides is 3. The molecule has 27 heavy (non-hydrogen) atoms. The second-order valence-electron chi connectivity index (χ2n) is 7.68. The summed E-state index contributed by atoms with van der Waals surface area (Å²) < 4.78 is 0. The summed E-state index contributed by atoms with van der Waals surface area (Å²) in [6, 6.07) is -1.07. The molecule has 0 radical (unpaired) electrons. The Hall–Kier alpha value is -1.67. The lowest BCUT2D eigenvalue weighted by Gasteiger charge is -2.44. The molecule has 2 heterocycles. The molecule has 2 rings (SSSR count). The largest absolute Gasteiger partial charge is 0.338 e. The van der Waals surface area contributed by atoms with E-state index in [1.165, 1.54) is 0 Å². The van der Waals surface area contributed by atoms with Crippen LogP contribution in [0.1, 0.15) is 39.5 Å². The smallest absolute Gasteiger partial charge is 0.246 e. The molecule has 2 saturated heterocycles. The third-order valence-electron chi connectivity index (χ3n) is 5.86. The van der Waals surface area contributed by atoms with Crippen molar-refractivity contribution in [1.29, 1.82) is 0 Å². The van der Waals surface area contributed by atoms with Crippen molar-refractivity contribution in [3.8, 4) is 0 Å². The highest BCUT2D eigenvalue weighted by molar-refractivity contribution is 5.98. The van der Waals surface area contributed by atoms with Gasteiger partial charge < -0.3 is 25.8 Å². The van der Waals surface area contributed by atoms with Crippen LogP contribution in [0, 0.1) is 5.92 Å². The molecule has 0 bridgehead atoms. The summed E-state index contributed by atoms with van der Waals surface area (Å²) in [5.74, 6) is -0.195. The Balaban J connectivity index is 2.24. The van der Waals surface area contributed by atoms with Crippen molar-refractivity contribution in [1.82, 2.24) is 20.0 Å². The maximum Gasteiger partial charge on any atom is 0.246 e. The highest BCUT2D eigenvalue weighted by Crippen LogP contribution is 2.24. The topological polar surface area (TPSA) is 99.0 Å². The van der Waals surface area contributed by atoms with E-state index in [1.807, 2.05) is 18.7 Å². The zero-order valence-electron chi connectivity index (χ0n) is 16.9. The summed E-state index contributed by atoms with van der Waals surface area (Å²) in [7, 11) is 1.69. The number of nitrogens with two attached hydrogens (primary N) is 1. The summed E-state index contributed by atoms with van der Waals surface area (Å²) in [6.45, 7) is 7.32. The lowest BCUT2D eigenvalue weighted by Crippen LogP contribution is -2.65. The molecule has 154 valence electrons. The minimum absolute atomic E-state index is 0.0204. The van der Waals surface area contributed by atoms with Gasteiger partial charge in [0.2, 0.25) is 17.7 Å². The number of carbonyl (C=O) groups is 3. The number of hydrogen-bond acceptors (Lipinski definition) is 5. The van der Waals surface area contributed by atoms with Gasteiger partial charge >= 0.3 is 0 Å². The highest BCUT2D eigenvalue weighted by atomic mass is 16.2. The molecule has 0 saturated carbocycles. The van der Waals surface area contributed by atoms with Crippen molar-refractivity contribution >= 4 is 17.7 Å². The average Bonchev–Trinajstić information content (AvgIpc) is 2.68. The summed E-state index contributed by atoms with van der Waals surface area (Å²) in [5, 5.41) is 3.24. The van der Waals surface area contributed by atoms with Crippen LogP contribution in [0.25, 0.3) is 0 Å². The number of nitrogens with one attached hydrogen (secondary N) is 1. The Morgan fingerprint density at radius 3 is 2.52 bits per heavy atom. The van der Waals surface area contributed by atoms with Crippen LogP contribution in [-0.2, 0) is 14.4 Å². The molecule has 2 aliphatic rings. The van der Waals surface area contributed by atoms with Gasteiger partial charge in [-0.05, 0) is 31.7 Å². The number of likely N-dealkylation sites (N-methyl/N-ethyl adjacent to an activating group) is 1. The molecule has 2 aliphatic heterocycles. The van der Waals surface area contributed by atoms with Gasteiger partial charge in [-0.1, -0.05) is 20.3 Å². The van der Waals surface area contributed by atoms with Crippen LogP contribution < -0.4 is 11.1 Å². The molecule has 2 fully saturated rings. The maximum absolute atomic E-state index is 13.3. The summed E-state index contributed by atoms with van der Waals surface area (Å²) in [5.41, 5.74) is 5.61. The first-order valence-corrected chi connectivity index (χ1v) is 10.2. The Labute approximate surface area is 162 Å². The average molecular weight is 382 g/mol. The summed E-state index contributed by atoms with van der Waals surface area (Å²) in [6.07, 6.45) is 2.91. The Kier molecular flexibility index (Phi) is 8.04. The number of hydrogen-bond donors (Lipinski definition) is 2. The van der Waals surface area contributed by atoms with Gasteiger partial charge in [0.25, 0.3) is 0 Å². The zero-order valence-corrected chi connectivity index (χ0v) is 16.9. The van der Waals surface area contributed by atoms with Crippen LogP contribution in [0.3, 0.4) is 0 Å².